The molecule has 4 heteroatoms. The second kappa shape index (κ2) is 4.37. The van der Waals surface area contributed by atoms with Gasteiger partial charge in [-0.15, -0.1) is 11.6 Å². The van der Waals surface area contributed by atoms with Gasteiger partial charge in [-0.3, -0.25) is 0 Å². The van der Waals surface area contributed by atoms with Gasteiger partial charge in [-0.05, 0) is 40.5 Å². The van der Waals surface area contributed by atoms with Crippen LogP contribution in [-0.2, 0) is 5.88 Å². The highest BCUT2D eigenvalue weighted by Gasteiger charge is 2.03. The van der Waals surface area contributed by atoms with Crippen molar-refractivity contribution >= 4 is 27.5 Å². The predicted molar refractivity (Wildman–Crippen MR) is 65.6 cm³/mol. The van der Waals surface area contributed by atoms with Crippen LogP contribution in [0, 0.1) is 6.92 Å². The van der Waals surface area contributed by atoms with E-state index in [0.29, 0.717) is 5.88 Å². The molecule has 0 aliphatic rings. The van der Waals surface area contributed by atoms with Crippen LogP contribution in [0.5, 0.6) is 0 Å². The Morgan fingerprint density at radius 2 is 2.27 bits per heavy atom. The first-order valence-corrected chi connectivity index (χ1v) is 5.89. The van der Waals surface area contributed by atoms with E-state index in [4.69, 9.17) is 11.6 Å². The number of nitrogens with zero attached hydrogens (tertiary/aromatic N) is 2. The summed E-state index contributed by atoms with van der Waals surface area (Å²) in [6.45, 7) is 2.06. The summed E-state index contributed by atoms with van der Waals surface area (Å²) in [6.07, 6.45) is 3.70. The molecule has 1 aromatic carbocycles. The third-order valence-electron chi connectivity index (χ3n) is 2.15. The van der Waals surface area contributed by atoms with E-state index in [9.17, 15) is 0 Å². The van der Waals surface area contributed by atoms with Crippen LogP contribution in [0.15, 0.2) is 35.2 Å². The molecule has 0 aliphatic carbocycles. The molecule has 0 bridgehead atoms. The Kier molecular flexibility index (Phi) is 3.12. The van der Waals surface area contributed by atoms with Crippen molar-refractivity contribution in [3.05, 3.63) is 46.5 Å². The van der Waals surface area contributed by atoms with Crippen LogP contribution in [0.4, 0.5) is 0 Å². The van der Waals surface area contributed by atoms with Crippen molar-refractivity contribution in [2.45, 2.75) is 12.8 Å². The third-order valence-corrected chi connectivity index (χ3v) is 3.06. The molecule has 15 heavy (non-hydrogen) atoms. The number of hydrogen-bond acceptors (Lipinski definition) is 1. The second-order valence-electron chi connectivity index (χ2n) is 3.36. The van der Waals surface area contributed by atoms with E-state index >= 15 is 0 Å². The summed E-state index contributed by atoms with van der Waals surface area (Å²) in [5.41, 5.74) is 3.18. The molecule has 2 nitrogen and oxygen atoms in total. The van der Waals surface area contributed by atoms with Crippen LogP contribution in [0.3, 0.4) is 0 Å². The van der Waals surface area contributed by atoms with E-state index in [1.54, 1.807) is 6.33 Å². The van der Waals surface area contributed by atoms with E-state index in [0.717, 1.165) is 15.9 Å². The smallest absolute Gasteiger partial charge is 0.0996 e. The molecular formula is C11H10BrClN2. The van der Waals surface area contributed by atoms with Crippen LogP contribution < -0.4 is 0 Å². The quantitative estimate of drug-likeness (QED) is 0.770. The molecule has 2 rings (SSSR count). The van der Waals surface area contributed by atoms with Gasteiger partial charge in [0.1, 0.15) is 0 Å². The van der Waals surface area contributed by atoms with Gasteiger partial charge in [-0.2, -0.15) is 0 Å². The number of aryl methyl sites for hydroxylation is 1. The molecule has 78 valence electrons. The fraction of sp³-hybridized carbons (Fsp3) is 0.182. The van der Waals surface area contributed by atoms with Crippen molar-refractivity contribution < 1.29 is 0 Å². The van der Waals surface area contributed by atoms with E-state index in [1.165, 1.54) is 5.56 Å². The average molecular weight is 286 g/mol. The molecule has 0 spiro atoms. The summed E-state index contributed by atoms with van der Waals surface area (Å²) in [5, 5.41) is 0. The van der Waals surface area contributed by atoms with E-state index in [1.807, 2.05) is 10.8 Å². The van der Waals surface area contributed by atoms with Gasteiger partial charge >= 0.3 is 0 Å². The van der Waals surface area contributed by atoms with Crippen molar-refractivity contribution in [2.24, 2.45) is 0 Å². The Hall–Kier alpha value is -0.800. The molecule has 0 saturated heterocycles. The molecule has 0 aliphatic heterocycles. The summed E-state index contributed by atoms with van der Waals surface area (Å²) < 4.78 is 3.02. The lowest BCUT2D eigenvalue weighted by Crippen LogP contribution is -1.91. The van der Waals surface area contributed by atoms with Crippen molar-refractivity contribution in [3.8, 4) is 5.69 Å². The maximum atomic E-state index is 5.71. The number of imidazole rings is 1. The zero-order valence-corrected chi connectivity index (χ0v) is 10.6. The largest absolute Gasteiger partial charge is 0.305 e. The average Bonchev–Trinajstić information content (AvgIpc) is 2.66. The number of rotatable bonds is 2. The van der Waals surface area contributed by atoms with Crippen LogP contribution in [-0.4, -0.2) is 9.55 Å². The summed E-state index contributed by atoms with van der Waals surface area (Å²) in [4.78, 5) is 4.18. The van der Waals surface area contributed by atoms with Gasteiger partial charge in [0.2, 0.25) is 0 Å². The molecule has 0 amide bonds. The Labute approximate surface area is 102 Å². The van der Waals surface area contributed by atoms with Crippen molar-refractivity contribution in [2.75, 3.05) is 0 Å². The minimum absolute atomic E-state index is 0.441. The van der Waals surface area contributed by atoms with Crippen molar-refractivity contribution in [1.82, 2.24) is 9.55 Å². The normalized spacial score (nSPS) is 10.6. The first kappa shape index (κ1) is 10.7. The highest BCUT2D eigenvalue weighted by Crippen LogP contribution is 2.22. The minimum atomic E-state index is 0.441. The fourth-order valence-electron chi connectivity index (χ4n) is 1.39. The molecule has 0 atom stereocenters. The van der Waals surface area contributed by atoms with Gasteiger partial charge in [0.05, 0.1) is 23.6 Å². The Balaban J connectivity index is 2.44. The lowest BCUT2D eigenvalue weighted by molar-refractivity contribution is 1.05. The molecule has 0 radical (unpaired) electrons. The zero-order valence-electron chi connectivity index (χ0n) is 8.24. The van der Waals surface area contributed by atoms with E-state index in [-0.39, 0.29) is 0 Å². The van der Waals surface area contributed by atoms with Gasteiger partial charge < -0.3 is 4.57 Å². The summed E-state index contributed by atoms with van der Waals surface area (Å²) in [7, 11) is 0. The maximum Gasteiger partial charge on any atom is 0.0996 e. The standard InChI is InChI=1S/C11H10BrClN2/c1-8-2-3-11(10(12)4-8)15-6-9(5-13)14-7-15/h2-4,6-7H,5H2,1H3. The summed E-state index contributed by atoms with van der Waals surface area (Å²) in [6, 6.07) is 6.20. The van der Waals surface area contributed by atoms with Gasteiger partial charge in [-0.1, -0.05) is 6.07 Å². The Morgan fingerprint density at radius 1 is 1.47 bits per heavy atom. The Morgan fingerprint density at radius 3 is 2.87 bits per heavy atom. The first-order chi connectivity index (χ1) is 7.20. The van der Waals surface area contributed by atoms with Crippen LogP contribution >= 0.6 is 27.5 Å². The summed E-state index contributed by atoms with van der Waals surface area (Å²) >= 11 is 9.24. The number of benzene rings is 1. The van der Waals surface area contributed by atoms with Gasteiger partial charge in [0.25, 0.3) is 0 Å². The van der Waals surface area contributed by atoms with E-state index in [2.05, 4.69) is 46.0 Å². The molecule has 0 unspecified atom stereocenters. The monoisotopic (exact) mass is 284 g/mol. The lowest BCUT2D eigenvalue weighted by Gasteiger charge is -2.05. The van der Waals surface area contributed by atoms with Crippen LogP contribution in [0.25, 0.3) is 5.69 Å². The highest BCUT2D eigenvalue weighted by molar-refractivity contribution is 9.10. The number of aromatic nitrogens is 2. The van der Waals surface area contributed by atoms with Gasteiger partial charge in [0, 0.05) is 10.7 Å². The zero-order chi connectivity index (χ0) is 10.8. The molecule has 0 N–H and O–H groups in total. The molecule has 1 heterocycles. The summed E-state index contributed by atoms with van der Waals surface area (Å²) in [5.74, 6) is 0.441. The van der Waals surface area contributed by atoms with Crippen molar-refractivity contribution in [1.29, 1.82) is 0 Å². The van der Waals surface area contributed by atoms with Gasteiger partial charge in [-0.25, -0.2) is 4.98 Å². The molecule has 1 aromatic heterocycles. The van der Waals surface area contributed by atoms with Gasteiger partial charge in [0.15, 0.2) is 0 Å². The third kappa shape index (κ3) is 2.24. The minimum Gasteiger partial charge on any atom is -0.305 e. The van der Waals surface area contributed by atoms with E-state index < -0.39 is 0 Å². The number of alkyl halides is 1. The topological polar surface area (TPSA) is 17.8 Å². The van der Waals surface area contributed by atoms with Crippen LogP contribution in [0.2, 0.25) is 0 Å². The first-order valence-electron chi connectivity index (χ1n) is 4.56. The fourth-order valence-corrected chi connectivity index (χ4v) is 2.22. The highest BCUT2D eigenvalue weighted by atomic mass is 79.9. The lowest BCUT2D eigenvalue weighted by atomic mass is 10.2. The van der Waals surface area contributed by atoms with Crippen LogP contribution in [0.1, 0.15) is 11.3 Å². The maximum absolute atomic E-state index is 5.71. The number of hydrogen-bond donors (Lipinski definition) is 0. The molecule has 0 saturated carbocycles. The molecule has 2 aromatic rings. The predicted octanol–water partition coefficient (Wildman–Crippen LogP) is 3.68. The SMILES string of the molecule is Cc1ccc(-n2cnc(CCl)c2)c(Br)c1. The molecular weight excluding hydrogens is 275 g/mol. The number of halogens is 2. The second-order valence-corrected chi connectivity index (χ2v) is 4.48. The van der Waals surface area contributed by atoms with Crippen molar-refractivity contribution in [3.63, 3.8) is 0 Å². The Bertz CT molecular complexity index is 479. The molecule has 0 fully saturated rings.